The van der Waals surface area contributed by atoms with Gasteiger partial charge in [0.2, 0.25) is 0 Å². The first-order valence-electron chi connectivity index (χ1n) is 5.40. The Bertz CT molecular complexity index is 526. The molecule has 0 atom stereocenters. The number of hydrogen-bond donors (Lipinski definition) is 0. The summed E-state index contributed by atoms with van der Waals surface area (Å²) in [4.78, 5) is 0. The maximum Gasteiger partial charge on any atom is 0.125 e. The molecule has 0 aliphatic carbocycles. The van der Waals surface area contributed by atoms with Gasteiger partial charge >= 0.3 is 0 Å². The predicted octanol–water partition coefficient (Wildman–Crippen LogP) is 4.53. The van der Waals surface area contributed by atoms with Crippen LogP contribution in [0.1, 0.15) is 5.56 Å². The van der Waals surface area contributed by atoms with Crippen LogP contribution in [0, 0.1) is 3.57 Å². The number of hydrogen-bond acceptors (Lipinski definition) is 2. The molecule has 0 N–H and O–H groups in total. The van der Waals surface area contributed by atoms with Gasteiger partial charge in [-0.3, -0.25) is 0 Å². The number of rotatable bonds is 4. The van der Waals surface area contributed by atoms with E-state index < -0.39 is 0 Å². The first-order chi connectivity index (χ1) is 8.69. The number of halogens is 2. The molecule has 0 bridgehead atoms. The quantitative estimate of drug-likeness (QED) is 0.732. The van der Waals surface area contributed by atoms with E-state index in [1.54, 1.807) is 13.2 Å². The molecule has 0 fully saturated rings. The lowest BCUT2D eigenvalue weighted by Gasteiger charge is -2.10. The molecule has 0 saturated carbocycles. The second-order valence-corrected chi connectivity index (χ2v) is 5.38. The fraction of sp³-hybridized carbons (Fsp3) is 0.143. The molecule has 0 unspecified atom stereocenters. The molecule has 94 valence electrons. The molecule has 0 heterocycles. The van der Waals surface area contributed by atoms with Crippen LogP contribution in [-0.2, 0) is 6.61 Å². The Morgan fingerprint density at radius 3 is 2.50 bits per heavy atom. The van der Waals surface area contributed by atoms with Crippen LogP contribution in [0.25, 0.3) is 0 Å². The smallest absolute Gasteiger partial charge is 0.125 e. The van der Waals surface area contributed by atoms with Crippen molar-refractivity contribution in [2.24, 2.45) is 0 Å². The van der Waals surface area contributed by atoms with Gasteiger partial charge in [-0.1, -0.05) is 11.6 Å². The second kappa shape index (κ2) is 6.29. The Balaban J connectivity index is 2.09. The molecule has 2 aromatic rings. The average molecular weight is 375 g/mol. The summed E-state index contributed by atoms with van der Waals surface area (Å²) in [6.07, 6.45) is 0. The van der Waals surface area contributed by atoms with E-state index in [2.05, 4.69) is 22.6 Å². The van der Waals surface area contributed by atoms with E-state index in [1.165, 1.54) is 3.57 Å². The lowest BCUT2D eigenvalue weighted by molar-refractivity contribution is 0.296. The molecular weight excluding hydrogens is 363 g/mol. The zero-order valence-corrected chi connectivity index (χ0v) is 12.7. The van der Waals surface area contributed by atoms with E-state index in [4.69, 9.17) is 21.1 Å². The van der Waals surface area contributed by atoms with E-state index in [-0.39, 0.29) is 0 Å². The van der Waals surface area contributed by atoms with E-state index >= 15 is 0 Å². The molecule has 2 nitrogen and oxygen atoms in total. The molecule has 0 spiro atoms. The van der Waals surface area contributed by atoms with Crippen LogP contribution in [0.2, 0.25) is 5.02 Å². The standard InChI is InChI=1S/C14H12ClIO2/c1-17-14-7-2-11(15)8-10(14)9-18-13-5-3-12(16)4-6-13/h2-8H,9H2,1H3. The molecule has 2 rings (SSSR count). The van der Waals surface area contributed by atoms with Crippen molar-refractivity contribution in [1.29, 1.82) is 0 Å². The van der Waals surface area contributed by atoms with Crippen molar-refractivity contribution in [3.05, 3.63) is 56.6 Å². The summed E-state index contributed by atoms with van der Waals surface area (Å²) in [6, 6.07) is 13.4. The zero-order valence-electron chi connectivity index (χ0n) is 9.82. The van der Waals surface area contributed by atoms with Crippen molar-refractivity contribution in [3.63, 3.8) is 0 Å². The Hall–Kier alpha value is -0.940. The maximum atomic E-state index is 5.96. The molecule has 0 aliphatic heterocycles. The Labute approximate surface area is 125 Å². The van der Waals surface area contributed by atoms with Gasteiger partial charge in [0.15, 0.2) is 0 Å². The third-order valence-corrected chi connectivity index (χ3v) is 3.40. The van der Waals surface area contributed by atoms with Crippen LogP contribution in [0.3, 0.4) is 0 Å². The number of methoxy groups -OCH3 is 1. The van der Waals surface area contributed by atoms with Crippen LogP contribution >= 0.6 is 34.2 Å². The lowest BCUT2D eigenvalue weighted by atomic mass is 10.2. The third-order valence-electron chi connectivity index (χ3n) is 2.45. The SMILES string of the molecule is COc1ccc(Cl)cc1COc1ccc(I)cc1. The van der Waals surface area contributed by atoms with Gasteiger partial charge in [0.1, 0.15) is 18.1 Å². The zero-order chi connectivity index (χ0) is 13.0. The molecule has 0 saturated heterocycles. The van der Waals surface area contributed by atoms with E-state index in [0.717, 1.165) is 17.1 Å². The molecule has 0 amide bonds. The monoisotopic (exact) mass is 374 g/mol. The Kier molecular flexibility index (Phi) is 4.72. The van der Waals surface area contributed by atoms with E-state index in [9.17, 15) is 0 Å². The highest BCUT2D eigenvalue weighted by atomic mass is 127. The van der Waals surface area contributed by atoms with Crippen molar-refractivity contribution < 1.29 is 9.47 Å². The van der Waals surface area contributed by atoms with Crippen molar-refractivity contribution in [1.82, 2.24) is 0 Å². The Morgan fingerprint density at radius 1 is 1.11 bits per heavy atom. The second-order valence-electron chi connectivity index (χ2n) is 3.70. The first-order valence-corrected chi connectivity index (χ1v) is 6.85. The summed E-state index contributed by atoms with van der Waals surface area (Å²) in [5.74, 6) is 1.61. The molecule has 2 aromatic carbocycles. The summed E-state index contributed by atoms with van der Waals surface area (Å²) in [7, 11) is 1.64. The highest BCUT2D eigenvalue weighted by Gasteiger charge is 2.04. The summed E-state index contributed by atoms with van der Waals surface area (Å²) in [6.45, 7) is 0.435. The minimum atomic E-state index is 0.435. The van der Waals surface area contributed by atoms with Crippen LogP contribution in [0.5, 0.6) is 11.5 Å². The third kappa shape index (κ3) is 3.53. The minimum absolute atomic E-state index is 0.435. The summed E-state index contributed by atoms with van der Waals surface area (Å²) in [5.41, 5.74) is 0.934. The van der Waals surface area contributed by atoms with Crippen LogP contribution in [0.15, 0.2) is 42.5 Å². The molecule has 0 aromatic heterocycles. The van der Waals surface area contributed by atoms with Gasteiger partial charge in [-0.25, -0.2) is 0 Å². The van der Waals surface area contributed by atoms with Gasteiger partial charge < -0.3 is 9.47 Å². The Morgan fingerprint density at radius 2 is 1.83 bits per heavy atom. The van der Waals surface area contributed by atoms with Gasteiger partial charge in [0.05, 0.1) is 7.11 Å². The largest absolute Gasteiger partial charge is 0.496 e. The highest BCUT2D eigenvalue weighted by Crippen LogP contribution is 2.24. The molecule has 0 aliphatic rings. The molecule has 18 heavy (non-hydrogen) atoms. The lowest BCUT2D eigenvalue weighted by Crippen LogP contribution is -1.98. The van der Waals surface area contributed by atoms with E-state index in [1.807, 2.05) is 36.4 Å². The van der Waals surface area contributed by atoms with Crippen LogP contribution < -0.4 is 9.47 Å². The fourth-order valence-electron chi connectivity index (χ4n) is 1.55. The molecule has 0 radical (unpaired) electrons. The van der Waals surface area contributed by atoms with E-state index in [0.29, 0.717) is 11.6 Å². The van der Waals surface area contributed by atoms with Gasteiger partial charge in [-0.2, -0.15) is 0 Å². The predicted molar refractivity (Wildman–Crippen MR) is 81.5 cm³/mol. The highest BCUT2D eigenvalue weighted by molar-refractivity contribution is 14.1. The maximum absolute atomic E-state index is 5.96. The summed E-state index contributed by atoms with van der Waals surface area (Å²) >= 11 is 8.22. The van der Waals surface area contributed by atoms with Gasteiger partial charge in [-0.15, -0.1) is 0 Å². The normalized spacial score (nSPS) is 10.2. The number of ether oxygens (including phenoxy) is 2. The summed E-state index contributed by atoms with van der Waals surface area (Å²) < 4.78 is 12.2. The van der Waals surface area contributed by atoms with Crippen molar-refractivity contribution in [3.8, 4) is 11.5 Å². The van der Waals surface area contributed by atoms with Gasteiger partial charge in [0, 0.05) is 14.2 Å². The molecule has 4 heteroatoms. The van der Waals surface area contributed by atoms with Gasteiger partial charge in [-0.05, 0) is 65.1 Å². The van der Waals surface area contributed by atoms with Crippen LogP contribution in [0.4, 0.5) is 0 Å². The average Bonchev–Trinajstić information content (AvgIpc) is 2.38. The fourth-order valence-corrected chi connectivity index (χ4v) is 2.11. The minimum Gasteiger partial charge on any atom is -0.496 e. The van der Waals surface area contributed by atoms with Crippen LogP contribution in [-0.4, -0.2) is 7.11 Å². The number of benzene rings is 2. The summed E-state index contributed by atoms with van der Waals surface area (Å²) in [5, 5.41) is 0.678. The topological polar surface area (TPSA) is 18.5 Å². The molecular formula is C14H12ClIO2. The first kappa shape index (κ1) is 13.5. The van der Waals surface area contributed by atoms with Crippen molar-refractivity contribution in [2.75, 3.05) is 7.11 Å². The van der Waals surface area contributed by atoms with Gasteiger partial charge in [0.25, 0.3) is 0 Å². The van der Waals surface area contributed by atoms with Crippen molar-refractivity contribution in [2.45, 2.75) is 6.61 Å². The van der Waals surface area contributed by atoms with Crippen molar-refractivity contribution >= 4 is 34.2 Å².